The van der Waals surface area contributed by atoms with E-state index in [2.05, 4.69) is 31.1 Å². The second-order valence-corrected chi connectivity index (χ2v) is 8.00. The summed E-state index contributed by atoms with van der Waals surface area (Å²) in [7, 11) is 0. The van der Waals surface area contributed by atoms with E-state index in [-0.39, 0.29) is 11.4 Å². The number of nitrogens with one attached hydrogen (secondary N) is 4. The van der Waals surface area contributed by atoms with Gasteiger partial charge in [-0.05, 0) is 57.5 Å². The van der Waals surface area contributed by atoms with Crippen LogP contribution in [0.1, 0.15) is 54.4 Å². The van der Waals surface area contributed by atoms with Crippen LogP contribution in [0.2, 0.25) is 0 Å². The number of hydrogen-bond acceptors (Lipinski definition) is 4. The first-order valence-electron chi connectivity index (χ1n) is 9.65. The van der Waals surface area contributed by atoms with Gasteiger partial charge in [0.15, 0.2) is 5.82 Å². The summed E-state index contributed by atoms with van der Waals surface area (Å²) in [5.41, 5.74) is 1.63. The molecular formula is C22H26N6O2. The number of carbonyl (C=O) groups is 2. The molecule has 4 N–H and O–H groups in total. The molecule has 0 bridgehead atoms. The molecule has 156 valence electrons. The maximum Gasteiger partial charge on any atom is 0.320 e. The van der Waals surface area contributed by atoms with Gasteiger partial charge in [0.1, 0.15) is 11.9 Å². The molecule has 1 atom stereocenters. The Morgan fingerprint density at radius 2 is 1.67 bits per heavy atom. The number of aromatic amines is 1. The molecule has 3 rings (SSSR count). The molecule has 0 radical (unpaired) electrons. The van der Waals surface area contributed by atoms with Gasteiger partial charge in [-0.2, -0.15) is 5.10 Å². The van der Waals surface area contributed by atoms with E-state index in [0.29, 0.717) is 22.9 Å². The van der Waals surface area contributed by atoms with Gasteiger partial charge in [-0.1, -0.05) is 30.3 Å². The summed E-state index contributed by atoms with van der Waals surface area (Å²) in [4.78, 5) is 29.2. The van der Waals surface area contributed by atoms with Gasteiger partial charge < -0.3 is 16.0 Å². The Morgan fingerprint density at radius 3 is 2.23 bits per heavy atom. The normalized spacial score (nSPS) is 12.1. The number of urea groups is 1. The van der Waals surface area contributed by atoms with Gasteiger partial charge in [0.25, 0.3) is 5.91 Å². The monoisotopic (exact) mass is 406 g/mol. The molecule has 0 aliphatic carbocycles. The van der Waals surface area contributed by atoms with E-state index in [9.17, 15) is 9.59 Å². The van der Waals surface area contributed by atoms with E-state index in [1.54, 1.807) is 31.2 Å². The number of benzene rings is 2. The Morgan fingerprint density at radius 1 is 1.00 bits per heavy atom. The third-order valence-corrected chi connectivity index (χ3v) is 4.17. The predicted molar refractivity (Wildman–Crippen MR) is 115 cm³/mol. The first-order chi connectivity index (χ1) is 14.2. The van der Waals surface area contributed by atoms with Gasteiger partial charge >= 0.3 is 6.03 Å². The van der Waals surface area contributed by atoms with Crippen LogP contribution in [0.15, 0.2) is 54.6 Å². The van der Waals surface area contributed by atoms with Gasteiger partial charge in [-0.15, -0.1) is 0 Å². The molecule has 1 unspecified atom stereocenters. The van der Waals surface area contributed by atoms with Gasteiger partial charge in [-0.25, -0.2) is 9.78 Å². The molecule has 0 saturated heterocycles. The van der Waals surface area contributed by atoms with Crippen LogP contribution in [0.5, 0.6) is 0 Å². The molecule has 0 aliphatic rings. The third-order valence-electron chi connectivity index (χ3n) is 4.17. The van der Waals surface area contributed by atoms with Gasteiger partial charge in [0, 0.05) is 16.8 Å². The van der Waals surface area contributed by atoms with Crippen molar-refractivity contribution in [3.63, 3.8) is 0 Å². The molecule has 0 fully saturated rings. The molecular weight excluding hydrogens is 380 g/mol. The Balaban J connectivity index is 1.69. The zero-order valence-corrected chi connectivity index (χ0v) is 17.5. The van der Waals surface area contributed by atoms with Crippen LogP contribution in [-0.2, 0) is 0 Å². The summed E-state index contributed by atoms with van der Waals surface area (Å²) in [6.45, 7) is 7.56. The fraction of sp³-hybridized carbons (Fsp3) is 0.273. The van der Waals surface area contributed by atoms with E-state index in [0.717, 1.165) is 5.56 Å². The lowest BCUT2D eigenvalue weighted by molar-refractivity contribution is 0.0919. The maximum absolute atomic E-state index is 12.6. The Kier molecular flexibility index (Phi) is 6.15. The molecule has 3 aromatic rings. The van der Waals surface area contributed by atoms with Crippen molar-refractivity contribution < 1.29 is 9.59 Å². The zero-order chi connectivity index (χ0) is 21.7. The summed E-state index contributed by atoms with van der Waals surface area (Å²) in [5.74, 6) is 0.975. The maximum atomic E-state index is 12.6. The Labute approximate surface area is 175 Å². The number of hydrogen-bond donors (Lipinski definition) is 4. The summed E-state index contributed by atoms with van der Waals surface area (Å²) in [5, 5.41) is 15.6. The van der Waals surface area contributed by atoms with E-state index >= 15 is 0 Å². The first kappa shape index (κ1) is 21.0. The minimum absolute atomic E-state index is 0.164. The minimum Gasteiger partial charge on any atom is -0.347 e. The van der Waals surface area contributed by atoms with Crippen LogP contribution >= 0.6 is 0 Å². The van der Waals surface area contributed by atoms with Crippen molar-refractivity contribution in [1.82, 2.24) is 25.8 Å². The lowest BCUT2D eigenvalue weighted by atomic mass is 10.1. The topological polar surface area (TPSA) is 112 Å². The van der Waals surface area contributed by atoms with Crippen LogP contribution in [-0.4, -0.2) is 32.7 Å². The largest absolute Gasteiger partial charge is 0.347 e. The third kappa shape index (κ3) is 5.66. The fourth-order valence-corrected chi connectivity index (χ4v) is 2.85. The first-order valence-corrected chi connectivity index (χ1v) is 9.65. The van der Waals surface area contributed by atoms with Crippen molar-refractivity contribution in [2.75, 3.05) is 5.32 Å². The van der Waals surface area contributed by atoms with Crippen LogP contribution < -0.4 is 16.0 Å². The van der Waals surface area contributed by atoms with E-state index < -0.39 is 12.1 Å². The average Bonchev–Trinajstić information content (AvgIpc) is 3.12. The number of aryl methyl sites for hydroxylation is 1. The van der Waals surface area contributed by atoms with Crippen molar-refractivity contribution in [3.05, 3.63) is 77.4 Å². The van der Waals surface area contributed by atoms with Crippen molar-refractivity contribution in [1.29, 1.82) is 0 Å². The average molecular weight is 406 g/mol. The summed E-state index contributed by atoms with van der Waals surface area (Å²) >= 11 is 0. The highest BCUT2D eigenvalue weighted by Gasteiger charge is 2.21. The molecule has 3 amide bonds. The van der Waals surface area contributed by atoms with Crippen LogP contribution in [0.25, 0.3) is 0 Å². The number of carbonyl (C=O) groups excluding carboxylic acids is 2. The highest BCUT2D eigenvalue weighted by atomic mass is 16.2. The number of nitrogens with zero attached hydrogens (tertiary/aromatic N) is 2. The lowest BCUT2D eigenvalue weighted by Crippen LogP contribution is -2.40. The molecule has 2 aromatic carbocycles. The van der Waals surface area contributed by atoms with E-state index in [1.807, 2.05) is 51.1 Å². The summed E-state index contributed by atoms with van der Waals surface area (Å²) < 4.78 is 0. The Hall–Kier alpha value is -3.68. The van der Waals surface area contributed by atoms with Crippen molar-refractivity contribution in [2.45, 2.75) is 39.3 Å². The Bertz CT molecular complexity index is 1010. The van der Waals surface area contributed by atoms with Crippen molar-refractivity contribution in [2.24, 2.45) is 0 Å². The predicted octanol–water partition coefficient (Wildman–Crippen LogP) is 3.55. The standard InChI is InChI=1S/C22H26N6O2/c1-14-23-19(28-27-14)18(15-8-6-5-7-9-15)25-21(30)24-17-12-10-16(11-13-17)20(29)26-22(2,3)4/h5-13,18H,1-4H3,(H,26,29)(H,23,27,28)(H2,24,25,30). The molecule has 1 aromatic heterocycles. The molecule has 0 aliphatic heterocycles. The van der Waals surface area contributed by atoms with Gasteiger partial charge in [-0.3, -0.25) is 9.89 Å². The van der Waals surface area contributed by atoms with Crippen molar-refractivity contribution in [3.8, 4) is 0 Å². The molecule has 0 spiro atoms. The molecule has 0 saturated carbocycles. The zero-order valence-electron chi connectivity index (χ0n) is 17.5. The molecule has 8 nitrogen and oxygen atoms in total. The molecule has 8 heteroatoms. The van der Waals surface area contributed by atoms with E-state index in [1.165, 1.54) is 0 Å². The number of rotatable bonds is 5. The number of H-pyrrole nitrogens is 1. The van der Waals surface area contributed by atoms with E-state index in [4.69, 9.17) is 0 Å². The number of aromatic nitrogens is 3. The highest BCUT2D eigenvalue weighted by molar-refractivity contribution is 5.96. The van der Waals surface area contributed by atoms with Gasteiger partial charge in [0.05, 0.1) is 0 Å². The number of anilines is 1. The van der Waals surface area contributed by atoms with Crippen molar-refractivity contribution >= 4 is 17.6 Å². The quantitative estimate of drug-likeness (QED) is 0.519. The van der Waals surface area contributed by atoms with Crippen LogP contribution in [0.3, 0.4) is 0 Å². The molecule has 30 heavy (non-hydrogen) atoms. The van der Waals surface area contributed by atoms with Gasteiger partial charge in [0.2, 0.25) is 0 Å². The summed E-state index contributed by atoms with van der Waals surface area (Å²) in [6.07, 6.45) is 0. The highest BCUT2D eigenvalue weighted by Crippen LogP contribution is 2.19. The van der Waals surface area contributed by atoms with Crippen LogP contribution in [0, 0.1) is 6.92 Å². The second-order valence-electron chi connectivity index (χ2n) is 8.00. The SMILES string of the molecule is Cc1nc(C(NC(=O)Nc2ccc(C(=O)NC(C)(C)C)cc2)c2ccccc2)n[nH]1. The smallest absolute Gasteiger partial charge is 0.320 e. The second kappa shape index (κ2) is 8.77. The minimum atomic E-state index is -0.506. The fourth-order valence-electron chi connectivity index (χ4n) is 2.85. The summed E-state index contributed by atoms with van der Waals surface area (Å²) in [6, 6.07) is 15.3. The molecule has 1 heterocycles. The lowest BCUT2D eigenvalue weighted by Gasteiger charge is -2.20. The van der Waals surface area contributed by atoms with Crippen LogP contribution in [0.4, 0.5) is 10.5 Å². The number of amides is 3.